The van der Waals surface area contributed by atoms with E-state index in [4.69, 9.17) is 4.74 Å². The molecule has 2 aromatic carbocycles. The summed E-state index contributed by atoms with van der Waals surface area (Å²) in [5.41, 5.74) is 5.40. The molecule has 0 saturated carbocycles. The zero-order valence-electron chi connectivity index (χ0n) is 25.0. The maximum absolute atomic E-state index is 12.7. The monoisotopic (exact) mass is 592 g/mol. The molecular formula is C33H40N2O6S. The summed E-state index contributed by atoms with van der Waals surface area (Å²) >= 11 is 0. The lowest BCUT2D eigenvalue weighted by Gasteiger charge is -2.33. The molecule has 0 amide bonds. The van der Waals surface area contributed by atoms with Gasteiger partial charge in [0.15, 0.2) is 0 Å². The highest BCUT2D eigenvalue weighted by Crippen LogP contribution is 2.55. The number of aliphatic hydroxyl groups excluding tert-OH is 2. The first-order chi connectivity index (χ1) is 19.7. The Morgan fingerprint density at radius 3 is 2.29 bits per heavy atom. The van der Waals surface area contributed by atoms with Crippen LogP contribution in [0.5, 0.6) is 5.75 Å². The second-order valence-corrected chi connectivity index (χ2v) is 14.4. The van der Waals surface area contributed by atoms with Gasteiger partial charge < -0.3 is 19.8 Å². The fourth-order valence-electron chi connectivity index (χ4n) is 7.41. The minimum atomic E-state index is -4.53. The Balaban J connectivity index is 1.67. The molecule has 9 heteroatoms. The molecule has 1 fully saturated rings. The molecule has 0 radical (unpaired) electrons. The standard InChI is InChI=1S/C33H40N2O6S/c1-19-32(3,4)24-15-22-28(17-26(24)34(19)11-13-36)41-29-18-27-25(33(5,6)20(2)35(27)12-14-37)16-23(29)31(22)21-9-7-8-10-30(21)42(38,39)40/h7-10,15-20,26,36-37H,11-14H2,1-6H3,(H,38,39,40). The van der Waals surface area contributed by atoms with E-state index in [1.165, 1.54) is 11.6 Å². The topological polar surface area (TPSA) is 111 Å². The Labute approximate surface area is 248 Å². The van der Waals surface area contributed by atoms with Crippen LogP contribution in [0.2, 0.25) is 0 Å². The van der Waals surface area contributed by atoms with Crippen LogP contribution in [0.25, 0.3) is 5.57 Å². The highest BCUT2D eigenvalue weighted by atomic mass is 32.2. The molecule has 3 atom stereocenters. The van der Waals surface area contributed by atoms with Crippen LogP contribution in [0.15, 0.2) is 70.4 Å². The lowest BCUT2D eigenvalue weighted by atomic mass is 9.75. The zero-order valence-corrected chi connectivity index (χ0v) is 25.9. The quantitative estimate of drug-likeness (QED) is 0.420. The van der Waals surface area contributed by atoms with E-state index < -0.39 is 10.1 Å². The van der Waals surface area contributed by atoms with Crippen molar-refractivity contribution >= 4 is 21.4 Å². The van der Waals surface area contributed by atoms with E-state index >= 15 is 0 Å². The number of nitrogens with zero attached hydrogens (tertiary/aromatic N) is 2. The molecule has 224 valence electrons. The van der Waals surface area contributed by atoms with E-state index in [1.807, 2.05) is 6.07 Å². The van der Waals surface area contributed by atoms with Crippen LogP contribution in [0, 0.1) is 5.41 Å². The van der Waals surface area contributed by atoms with Gasteiger partial charge in [-0.25, -0.2) is 0 Å². The van der Waals surface area contributed by atoms with Crippen LogP contribution in [0.3, 0.4) is 0 Å². The summed E-state index contributed by atoms with van der Waals surface area (Å²) in [4.78, 5) is 4.31. The number of anilines is 1. The van der Waals surface area contributed by atoms with Gasteiger partial charge in [-0.05, 0) is 49.3 Å². The van der Waals surface area contributed by atoms with Crippen LogP contribution >= 0.6 is 0 Å². The van der Waals surface area contributed by atoms with Gasteiger partial charge in [0, 0.05) is 70.0 Å². The molecule has 6 rings (SSSR count). The van der Waals surface area contributed by atoms with Gasteiger partial charge in [0.1, 0.15) is 16.4 Å². The summed E-state index contributed by atoms with van der Waals surface area (Å²) in [6, 6.07) is 10.8. The largest absolute Gasteiger partial charge is 0.456 e. The highest BCUT2D eigenvalue weighted by Gasteiger charge is 2.50. The average molecular weight is 593 g/mol. The van der Waals surface area contributed by atoms with Gasteiger partial charge in [0.25, 0.3) is 10.1 Å². The van der Waals surface area contributed by atoms with E-state index in [0.717, 1.165) is 22.4 Å². The van der Waals surface area contributed by atoms with Gasteiger partial charge in [0.2, 0.25) is 0 Å². The van der Waals surface area contributed by atoms with Crippen LogP contribution < -0.4 is 9.64 Å². The smallest absolute Gasteiger partial charge is 0.295 e. The lowest BCUT2D eigenvalue weighted by molar-refractivity contribution is 0.143. The number of allylic oxidation sites excluding steroid dienone is 1. The third kappa shape index (κ3) is 4.12. The summed E-state index contributed by atoms with van der Waals surface area (Å²) in [7, 11) is -4.53. The number of hydrogen-bond donors (Lipinski definition) is 3. The molecule has 1 saturated heterocycles. The number of ether oxygens (including phenoxy) is 1. The number of fused-ring (bicyclic) bond motifs is 4. The van der Waals surface area contributed by atoms with Crippen molar-refractivity contribution in [3.63, 3.8) is 0 Å². The summed E-state index contributed by atoms with van der Waals surface area (Å²) in [6.45, 7) is 14.1. The van der Waals surface area contributed by atoms with Gasteiger partial charge in [-0.15, -0.1) is 0 Å². The third-order valence-corrected chi connectivity index (χ3v) is 11.3. The Bertz CT molecular complexity index is 1670. The molecule has 3 heterocycles. The van der Waals surface area contributed by atoms with Gasteiger partial charge in [-0.2, -0.15) is 8.42 Å². The molecule has 0 spiro atoms. The number of aliphatic hydroxyl groups is 2. The molecule has 0 bridgehead atoms. The van der Waals surface area contributed by atoms with Gasteiger partial charge in [-0.1, -0.05) is 45.9 Å². The van der Waals surface area contributed by atoms with Crippen molar-refractivity contribution in [3.05, 3.63) is 82.1 Å². The van der Waals surface area contributed by atoms with Crippen molar-refractivity contribution in [1.82, 2.24) is 4.90 Å². The Hall–Kier alpha value is -2.95. The molecular weight excluding hydrogens is 552 g/mol. The predicted molar refractivity (Wildman–Crippen MR) is 163 cm³/mol. The summed E-state index contributed by atoms with van der Waals surface area (Å²) < 4.78 is 42.3. The highest BCUT2D eigenvalue weighted by molar-refractivity contribution is 7.86. The Morgan fingerprint density at radius 1 is 0.929 bits per heavy atom. The van der Waals surface area contributed by atoms with Gasteiger partial charge in [0.05, 0.1) is 19.3 Å². The van der Waals surface area contributed by atoms with Crippen molar-refractivity contribution in [3.8, 4) is 5.75 Å². The average Bonchev–Trinajstić information content (AvgIpc) is 3.23. The van der Waals surface area contributed by atoms with E-state index in [-0.39, 0.29) is 47.1 Å². The van der Waals surface area contributed by atoms with E-state index in [9.17, 15) is 23.2 Å². The maximum Gasteiger partial charge on any atom is 0.295 e. The van der Waals surface area contributed by atoms with Crippen molar-refractivity contribution in [2.24, 2.45) is 5.41 Å². The van der Waals surface area contributed by atoms with E-state index in [0.29, 0.717) is 35.7 Å². The normalized spacial score (nSPS) is 25.7. The van der Waals surface area contributed by atoms with Gasteiger partial charge >= 0.3 is 0 Å². The van der Waals surface area contributed by atoms with Crippen LogP contribution in [0.4, 0.5) is 5.69 Å². The molecule has 8 nitrogen and oxygen atoms in total. The SMILES string of the molecule is CC1N(CCO)C2C=C3Oc4cc5c(cc4C(c4ccccc4S(=O)(=O)O)=C3C=C2C1(C)C)C(C)(C)C(C)N5CCO. The predicted octanol–water partition coefficient (Wildman–Crippen LogP) is 4.52. The summed E-state index contributed by atoms with van der Waals surface area (Å²) in [5, 5.41) is 19.7. The van der Waals surface area contributed by atoms with Crippen LogP contribution in [-0.4, -0.2) is 72.5 Å². The third-order valence-electron chi connectivity index (χ3n) is 10.3. The van der Waals surface area contributed by atoms with E-state index in [2.05, 4.69) is 69.6 Å². The first-order valence-corrected chi connectivity index (χ1v) is 16.0. The number of benzene rings is 2. The van der Waals surface area contributed by atoms with Gasteiger partial charge in [-0.3, -0.25) is 9.45 Å². The molecule has 0 aromatic heterocycles. The Morgan fingerprint density at radius 2 is 1.62 bits per heavy atom. The molecule has 4 aliphatic rings. The molecule has 1 aliphatic carbocycles. The fraction of sp³-hybridized carbons (Fsp3) is 0.455. The summed E-state index contributed by atoms with van der Waals surface area (Å²) in [6.07, 6.45) is 4.21. The number of rotatable bonds is 6. The minimum absolute atomic E-state index is 0.0178. The Kier molecular flexibility index (Phi) is 6.79. The second kappa shape index (κ2) is 9.79. The first kappa shape index (κ1) is 29.1. The molecule has 42 heavy (non-hydrogen) atoms. The number of β-amino-alcohol motifs (C(OH)–C–C–N with tert-alkyl or cyclic N) is 2. The van der Waals surface area contributed by atoms with Crippen molar-refractivity contribution in [1.29, 1.82) is 0 Å². The second-order valence-electron chi connectivity index (χ2n) is 13.0. The van der Waals surface area contributed by atoms with Crippen LogP contribution in [0.1, 0.15) is 58.2 Å². The number of hydrogen-bond acceptors (Lipinski definition) is 7. The molecule has 2 aromatic rings. The lowest BCUT2D eigenvalue weighted by Crippen LogP contribution is -2.40. The van der Waals surface area contributed by atoms with Crippen molar-refractivity contribution in [2.75, 3.05) is 31.2 Å². The number of likely N-dealkylation sites (tertiary alicyclic amines) is 1. The zero-order chi connectivity index (χ0) is 30.4. The summed E-state index contributed by atoms with van der Waals surface area (Å²) in [5.74, 6) is 1.20. The fourth-order valence-corrected chi connectivity index (χ4v) is 8.10. The van der Waals surface area contributed by atoms with Crippen molar-refractivity contribution < 1.29 is 27.9 Å². The maximum atomic E-state index is 12.7. The minimum Gasteiger partial charge on any atom is -0.456 e. The molecule has 3 unspecified atom stereocenters. The van der Waals surface area contributed by atoms with Crippen LogP contribution in [-0.2, 0) is 15.5 Å². The van der Waals surface area contributed by atoms with E-state index in [1.54, 1.807) is 18.2 Å². The van der Waals surface area contributed by atoms with Crippen molar-refractivity contribution in [2.45, 2.75) is 70.0 Å². The molecule has 3 aliphatic heterocycles. The molecule has 3 N–H and O–H groups in total. The first-order valence-electron chi connectivity index (χ1n) is 14.6.